The molecule has 94 valence electrons. The Bertz CT molecular complexity index is 407. The van der Waals surface area contributed by atoms with Crippen LogP contribution in [-0.4, -0.2) is 35.5 Å². The summed E-state index contributed by atoms with van der Waals surface area (Å²) in [5, 5.41) is 3.68. The maximum absolute atomic E-state index is 12.4. The number of halogens is 3. The zero-order valence-electron chi connectivity index (χ0n) is 8.87. The first kappa shape index (κ1) is 11.2. The average molecular weight is 264 g/mol. The molecular formula is C9H11F3N4S. The molecule has 1 N–H and O–H groups in total. The van der Waals surface area contributed by atoms with Gasteiger partial charge in [-0.3, -0.25) is 0 Å². The molecule has 3 rings (SSSR count). The quantitative estimate of drug-likeness (QED) is 0.828. The fraction of sp³-hybridized carbons (Fsp3) is 0.778. The Balaban J connectivity index is 1.75. The van der Waals surface area contributed by atoms with Gasteiger partial charge in [-0.05, 0) is 11.8 Å². The van der Waals surface area contributed by atoms with Gasteiger partial charge in [0.2, 0.25) is 11.0 Å². The summed E-state index contributed by atoms with van der Waals surface area (Å²) >= 11 is 0.837. The van der Waals surface area contributed by atoms with Crippen LogP contribution >= 0.6 is 11.5 Å². The Morgan fingerprint density at radius 1 is 1.24 bits per heavy atom. The van der Waals surface area contributed by atoms with E-state index in [9.17, 15) is 13.2 Å². The normalized spacial score (nSPS) is 28.8. The highest BCUT2D eigenvalue weighted by Gasteiger charge is 2.40. The third-order valence-corrected chi connectivity index (χ3v) is 4.11. The second-order valence-corrected chi connectivity index (χ2v) is 5.21. The molecule has 0 aromatic carbocycles. The molecular weight excluding hydrogens is 253 g/mol. The van der Waals surface area contributed by atoms with Crippen molar-refractivity contribution in [3.05, 3.63) is 5.82 Å². The van der Waals surface area contributed by atoms with Gasteiger partial charge < -0.3 is 10.2 Å². The SMILES string of the molecule is FC(F)(F)c1nsc(N2C[C@H]3CNC[C@H]3C2)n1. The van der Waals surface area contributed by atoms with E-state index in [0.717, 1.165) is 37.7 Å². The number of fused-ring (bicyclic) bond motifs is 1. The molecule has 4 nitrogen and oxygen atoms in total. The predicted octanol–water partition coefficient (Wildman–Crippen LogP) is 1.21. The van der Waals surface area contributed by atoms with Crippen molar-refractivity contribution in [2.75, 3.05) is 31.1 Å². The Morgan fingerprint density at radius 2 is 1.88 bits per heavy atom. The topological polar surface area (TPSA) is 41.1 Å². The first-order chi connectivity index (χ1) is 8.04. The first-order valence-corrected chi connectivity index (χ1v) is 6.18. The van der Waals surface area contributed by atoms with E-state index in [4.69, 9.17) is 0 Å². The highest BCUT2D eigenvalue weighted by Crippen LogP contribution is 2.34. The molecule has 0 radical (unpaired) electrons. The standard InChI is InChI=1S/C9H11F3N4S/c10-9(11,12)7-14-8(17-15-7)16-3-5-1-13-2-6(5)4-16/h5-6,13H,1-4H2/t5-,6+. The van der Waals surface area contributed by atoms with E-state index in [1.165, 1.54) is 0 Å². The van der Waals surface area contributed by atoms with Crippen LogP contribution in [-0.2, 0) is 6.18 Å². The van der Waals surface area contributed by atoms with E-state index in [1.807, 2.05) is 4.90 Å². The molecule has 2 atom stereocenters. The third-order valence-electron chi connectivity index (χ3n) is 3.33. The Morgan fingerprint density at radius 3 is 2.41 bits per heavy atom. The second kappa shape index (κ2) is 3.81. The molecule has 2 saturated heterocycles. The van der Waals surface area contributed by atoms with Gasteiger partial charge in [-0.1, -0.05) is 0 Å². The Kier molecular flexibility index (Phi) is 2.51. The van der Waals surface area contributed by atoms with Crippen molar-refractivity contribution in [1.82, 2.24) is 14.7 Å². The highest BCUT2D eigenvalue weighted by molar-refractivity contribution is 7.09. The summed E-state index contributed by atoms with van der Waals surface area (Å²) in [7, 11) is 0. The van der Waals surface area contributed by atoms with Gasteiger partial charge in [0.1, 0.15) is 0 Å². The van der Waals surface area contributed by atoms with Crippen LogP contribution in [0, 0.1) is 11.8 Å². The van der Waals surface area contributed by atoms with E-state index in [-0.39, 0.29) is 0 Å². The molecule has 0 amide bonds. The van der Waals surface area contributed by atoms with Crippen LogP contribution in [0.2, 0.25) is 0 Å². The summed E-state index contributed by atoms with van der Waals surface area (Å²) in [6.07, 6.45) is -4.44. The minimum atomic E-state index is -4.44. The summed E-state index contributed by atoms with van der Waals surface area (Å²) < 4.78 is 40.5. The van der Waals surface area contributed by atoms with Gasteiger partial charge in [0.15, 0.2) is 0 Å². The second-order valence-electron chi connectivity index (χ2n) is 4.48. The van der Waals surface area contributed by atoms with Crippen molar-refractivity contribution in [3.63, 3.8) is 0 Å². The lowest BCUT2D eigenvalue weighted by Crippen LogP contribution is -2.25. The van der Waals surface area contributed by atoms with Crippen LogP contribution in [0.4, 0.5) is 18.3 Å². The number of aromatic nitrogens is 2. The van der Waals surface area contributed by atoms with Crippen LogP contribution in [0.5, 0.6) is 0 Å². The lowest BCUT2D eigenvalue weighted by Gasteiger charge is -2.14. The number of hydrogen-bond acceptors (Lipinski definition) is 5. The summed E-state index contributed by atoms with van der Waals surface area (Å²) in [5.41, 5.74) is 0. The predicted molar refractivity (Wildman–Crippen MR) is 57.0 cm³/mol. The maximum Gasteiger partial charge on any atom is 0.452 e. The zero-order valence-corrected chi connectivity index (χ0v) is 9.68. The van der Waals surface area contributed by atoms with Crippen molar-refractivity contribution < 1.29 is 13.2 Å². The zero-order chi connectivity index (χ0) is 12.0. The molecule has 3 heterocycles. The molecule has 0 unspecified atom stereocenters. The van der Waals surface area contributed by atoms with Gasteiger partial charge in [-0.15, -0.1) is 0 Å². The van der Waals surface area contributed by atoms with Crippen LogP contribution < -0.4 is 10.2 Å². The van der Waals surface area contributed by atoms with Gasteiger partial charge in [0.25, 0.3) is 0 Å². The molecule has 0 aliphatic carbocycles. The Hall–Kier alpha value is -0.890. The van der Waals surface area contributed by atoms with Crippen molar-refractivity contribution in [3.8, 4) is 0 Å². The number of nitrogens with zero attached hydrogens (tertiary/aromatic N) is 3. The largest absolute Gasteiger partial charge is 0.452 e. The number of nitrogens with one attached hydrogen (secondary N) is 1. The summed E-state index contributed by atoms with van der Waals surface area (Å²) in [6, 6.07) is 0. The minimum Gasteiger partial charge on any atom is -0.346 e. The minimum absolute atomic E-state index is 0.395. The van der Waals surface area contributed by atoms with Gasteiger partial charge in [-0.2, -0.15) is 22.5 Å². The van der Waals surface area contributed by atoms with E-state index in [0.29, 0.717) is 17.0 Å². The molecule has 1 aromatic rings. The van der Waals surface area contributed by atoms with Crippen molar-refractivity contribution in [2.45, 2.75) is 6.18 Å². The van der Waals surface area contributed by atoms with Crippen LogP contribution in [0.3, 0.4) is 0 Å². The van der Waals surface area contributed by atoms with Gasteiger partial charge in [-0.25, -0.2) is 0 Å². The van der Waals surface area contributed by atoms with Gasteiger partial charge in [0, 0.05) is 37.7 Å². The van der Waals surface area contributed by atoms with Crippen molar-refractivity contribution in [2.24, 2.45) is 11.8 Å². The van der Waals surface area contributed by atoms with E-state index in [2.05, 4.69) is 14.7 Å². The number of rotatable bonds is 1. The lowest BCUT2D eigenvalue weighted by atomic mass is 10.0. The molecule has 0 spiro atoms. The smallest absolute Gasteiger partial charge is 0.346 e. The van der Waals surface area contributed by atoms with Crippen molar-refractivity contribution >= 4 is 16.7 Å². The molecule has 0 saturated carbocycles. The molecule has 2 fully saturated rings. The fourth-order valence-electron chi connectivity index (χ4n) is 2.47. The lowest BCUT2D eigenvalue weighted by molar-refractivity contribution is -0.144. The molecule has 2 aliphatic rings. The van der Waals surface area contributed by atoms with Crippen LogP contribution in [0.1, 0.15) is 5.82 Å². The molecule has 1 aromatic heterocycles. The van der Waals surface area contributed by atoms with E-state index < -0.39 is 12.0 Å². The maximum atomic E-state index is 12.4. The number of alkyl halides is 3. The average Bonchev–Trinajstić information content (AvgIpc) is 2.90. The van der Waals surface area contributed by atoms with Gasteiger partial charge >= 0.3 is 6.18 Å². The van der Waals surface area contributed by atoms with Gasteiger partial charge in [0.05, 0.1) is 0 Å². The first-order valence-electron chi connectivity index (χ1n) is 5.40. The molecule has 0 bridgehead atoms. The monoisotopic (exact) mass is 264 g/mol. The highest BCUT2D eigenvalue weighted by atomic mass is 32.1. The summed E-state index contributed by atoms with van der Waals surface area (Å²) in [5.74, 6) is 0.0501. The fourth-order valence-corrected chi connectivity index (χ4v) is 3.17. The van der Waals surface area contributed by atoms with E-state index >= 15 is 0 Å². The van der Waals surface area contributed by atoms with E-state index in [1.54, 1.807) is 0 Å². The summed E-state index contributed by atoms with van der Waals surface area (Å²) in [6.45, 7) is 3.46. The molecule has 8 heteroatoms. The van der Waals surface area contributed by atoms with Crippen molar-refractivity contribution in [1.29, 1.82) is 0 Å². The Labute approximate surface area is 100 Å². The molecule has 2 aliphatic heterocycles. The van der Waals surface area contributed by atoms with Crippen LogP contribution in [0.25, 0.3) is 0 Å². The molecule has 17 heavy (non-hydrogen) atoms. The third kappa shape index (κ3) is 1.99. The van der Waals surface area contributed by atoms with Crippen LogP contribution in [0.15, 0.2) is 0 Å². The number of anilines is 1. The summed E-state index contributed by atoms with van der Waals surface area (Å²) in [4.78, 5) is 5.50. The number of hydrogen-bond donors (Lipinski definition) is 1.